The SMILES string of the molecule is CCOC(=O)c1ccc(NC(=O)C(CC2CCS(=O)CC2)n2cc(OC)c(-c3cc(Cl)ccc3C#N)cc2=O)cc1. The van der Waals surface area contributed by atoms with Crippen LogP contribution in [0.4, 0.5) is 5.69 Å². The summed E-state index contributed by atoms with van der Waals surface area (Å²) in [6, 6.07) is 13.6. The molecule has 11 heteroatoms. The number of hydrogen-bond donors (Lipinski definition) is 1. The number of rotatable bonds is 9. The standard InChI is InChI=1S/C30H30ClN3O6S/c1-3-40-30(37)20-5-8-23(9-6-20)33-29(36)26(14-19-10-12-41(38)13-11-19)34-18-27(39-2)25(16-28(34)35)24-15-22(31)7-4-21(24)17-32/h4-9,15-16,18-19,26H,3,10-14H2,1-2H3,(H,33,36). The number of amides is 1. The molecule has 2 aromatic carbocycles. The van der Waals surface area contributed by atoms with Crippen molar-refractivity contribution in [1.82, 2.24) is 4.57 Å². The van der Waals surface area contributed by atoms with Gasteiger partial charge in [-0.15, -0.1) is 0 Å². The maximum atomic E-state index is 13.7. The number of nitriles is 1. The van der Waals surface area contributed by atoms with Crippen LogP contribution in [0.25, 0.3) is 11.1 Å². The van der Waals surface area contributed by atoms with Gasteiger partial charge >= 0.3 is 5.97 Å². The number of nitrogens with zero attached hydrogens (tertiary/aromatic N) is 2. The Kier molecular flexibility index (Phi) is 9.97. The van der Waals surface area contributed by atoms with E-state index in [-0.39, 0.29) is 12.5 Å². The van der Waals surface area contributed by atoms with E-state index in [1.165, 1.54) is 23.9 Å². The fourth-order valence-electron chi connectivity index (χ4n) is 4.85. The van der Waals surface area contributed by atoms with Crippen molar-refractivity contribution in [2.45, 2.75) is 32.2 Å². The molecule has 1 saturated heterocycles. The molecule has 1 N–H and O–H groups in total. The van der Waals surface area contributed by atoms with Crippen molar-refractivity contribution in [1.29, 1.82) is 5.26 Å². The van der Waals surface area contributed by atoms with E-state index in [0.29, 0.717) is 69.5 Å². The molecule has 9 nitrogen and oxygen atoms in total. The number of esters is 1. The molecule has 1 unspecified atom stereocenters. The molecule has 1 atom stereocenters. The number of methoxy groups -OCH3 is 1. The Bertz CT molecular complexity index is 1550. The average Bonchev–Trinajstić information content (AvgIpc) is 2.97. The molecular formula is C30H30ClN3O6S. The molecule has 214 valence electrons. The van der Waals surface area contributed by atoms with Gasteiger partial charge in [-0.1, -0.05) is 11.6 Å². The van der Waals surface area contributed by atoms with Crippen molar-refractivity contribution in [3.63, 3.8) is 0 Å². The summed E-state index contributed by atoms with van der Waals surface area (Å²) in [5, 5.41) is 12.9. The van der Waals surface area contributed by atoms with Gasteiger partial charge in [-0.3, -0.25) is 18.4 Å². The van der Waals surface area contributed by atoms with E-state index >= 15 is 0 Å². The number of aromatic nitrogens is 1. The van der Waals surface area contributed by atoms with Crippen LogP contribution in [0.5, 0.6) is 5.75 Å². The monoisotopic (exact) mass is 595 g/mol. The molecule has 0 spiro atoms. The van der Waals surface area contributed by atoms with Crippen LogP contribution in [-0.4, -0.2) is 45.9 Å². The lowest BCUT2D eigenvalue weighted by Crippen LogP contribution is -2.35. The van der Waals surface area contributed by atoms with E-state index in [1.54, 1.807) is 49.4 Å². The van der Waals surface area contributed by atoms with Crippen LogP contribution in [0, 0.1) is 17.2 Å². The van der Waals surface area contributed by atoms with Gasteiger partial charge in [-0.25, -0.2) is 4.79 Å². The summed E-state index contributed by atoms with van der Waals surface area (Å²) in [5.41, 5.74) is 1.49. The van der Waals surface area contributed by atoms with Crippen LogP contribution in [0.15, 0.2) is 59.5 Å². The summed E-state index contributed by atoms with van der Waals surface area (Å²) in [6.07, 6.45) is 3.20. The smallest absolute Gasteiger partial charge is 0.338 e. The zero-order valence-corrected chi connectivity index (χ0v) is 24.3. The van der Waals surface area contributed by atoms with E-state index < -0.39 is 34.3 Å². The molecule has 1 aliphatic heterocycles. The van der Waals surface area contributed by atoms with Crippen LogP contribution in [0.2, 0.25) is 5.02 Å². The minimum atomic E-state index is -0.901. The summed E-state index contributed by atoms with van der Waals surface area (Å²) in [5.74, 6) is 0.609. The summed E-state index contributed by atoms with van der Waals surface area (Å²) in [4.78, 5) is 39.2. The van der Waals surface area contributed by atoms with Crippen molar-refractivity contribution >= 4 is 40.0 Å². The van der Waals surface area contributed by atoms with Crippen LogP contribution in [0.3, 0.4) is 0 Å². The summed E-state index contributed by atoms with van der Waals surface area (Å²) < 4.78 is 23.9. The number of halogens is 1. The molecule has 1 aromatic heterocycles. The Hall–Kier alpha value is -3.94. The number of carbonyl (C=O) groups excluding carboxylic acids is 2. The van der Waals surface area contributed by atoms with Crippen molar-refractivity contribution < 1.29 is 23.3 Å². The Labute approximate surface area is 245 Å². The highest BCUT2D eigenvalue weighted by Gasteiger charge is 2.29. The number of nitrogens with one attached hydrogen (secondary N) is 1. The number of hydrogen-bond acceptors (Lipinski definition) is 7. The van der Waals surface area contributed by atoms with E-state index in [2.05, 4.69) is 11.4 Å². The highest BCUT2D eigenvalue weighted by atomic mass is 35.5. The second kappa shape index (κ2) is 13.6. The van der Waals surface area contributed by atoms with Gasteiger partial charge in [0.25, 0.3) is 5.56 Å². The second-order valence-corrected chi connectivity index (χ2v) is 11.8. The molecule has 4 rings (SSSR count). The maximum Gasteiger partial charge on any atom is 0.338 e. The Morgan fingerprint density at radius 3 is 2.49 bits per heavy atom. The minimum Gasteiger partial charge on any atom is -0.495 e. The quantitative estimate of drug-likeness (QED) is 0.347. The minimum absolute atomic E-state index is 0.0883. The second-order valence-electron chi connectivity index (χ2n) is 9.63. The van der Waals surface area contributed by atoms with Gasteiger partial charge < -0.3 is 14.8 Å². The molecule has 0 saturated carbocycles. The van der Waals surface area contributed by atoms with E-state index in [1.807, 2.05) is 0 Å². The van der Waals surface area contributed by atoms with Gasteiger partial charge in [0.2, 0.25) is 5.91 Å². The number of pyridine rings is 1. The molecule has 2 heterocycles. The fraction of sp³-hybridized carbons (Fsp3) is 0.333. The first-order valence-corrected chi connectivity index (χ1v) is 15.0. The van der Waals surface area contributed by atoms with Crippen molar-refractivity contribution in [2.24, 2.45) is 5.92 Å². The zero-order chi connectivity index (χ0) is 29.5. The van der Waals surface area contributed by atoms with Crippen LogP contribution < -0.4 is 15.6 Å². The third-order valence-electron chi connectivity index (χ3n) is 7.02. The number of carbonyl (C=O) groups is 2. The van der Waals surface area contributed by atoms with Crippen LogP contribution in [0.1, 0.15) is 48.1 Å². The Morgan fingerprint density at radius 1 is 1.15 bits per heavy atom. The fourth-order valence-corrected chi connectivity index (χ4v) is 6.42. The first-order valence-electron chi connectivity index (χ1n) is 13.2. The molecule has 0 radical (unpaired) electrons. The molecule has 0 bridgehead atoms. The predicted molar refractivity (Wildman–Crippen MR) is 158 cm³/mol. The molecule has 1 fully saturated rings. The van der Waals surface area contributed by atoms with Crippen molar-refractivity contribution in [3.8, 4) is 22.9 Å². The molecule has 41 heavy (non-hydrogen) atoms. The summed E-state index contributed by atoms with van der Waals surface area (Å²) in [6.45, 7) is 1.97. The van der Waals surface area contributed by atoms with Crippen LogP contribution >= 0.6 is 11.6 Å². The zero-order valence-electron chi connectivity index (χ0n) is 22.7. The largest absolute Gasteiger partial charge is 0.495 e. The van der Waals surface area contributed by atoms with E-state index in [0.717, 1.165) is 0 Å². The van der Waals surface area contributed by atoms with Gasteiger partial charge in [0.1, 0.15) is 11.8 Å². The lowest BCUT2D eigenvalue weighted by atomic mass is 9.93. The van der Waals surface area contributed by atoms with Gasteiger partial charge in [0.15, 0.2) is 0 Å². The first kappa shape index (κ1) is 30.0. The highest BCUT2D eigenvalue weighted by molar-refractivity contribution is 7.85. The van der Waals surface area contributed by atoms with Gasteiger partial charge in [0.05, 0.1) is 37.1 Å². The summed E-state index contributed by atoms with van der Waals surface area (Å²) in [7, 11) is 0.572. The highest BCUT2D eigenvalue weighted by Crippen LogP contribution is 2.34. The van der Waals surface area contributed by atoms with Gasteiger partial charge in [-0.2, -0.15) is 5.26 Å². The molecule has 1 aliphatic rings. The third-order valence-corrected chi connectivity index (χ3v) is 8.64. The number of anilines is 1. The van der Waals surface area contributed by atoms with Crippen LogP contribution in [-0.2, 0) is 20.3 Å². The Balaban J connectivity index is 1.70. The molecular weight excluding hydrogens is 566 g/mol. The maximum absolute atomic E-state index is 13.7. The number of ether oxygens (including phenoxy) is 2. The lowest BCUT2D eigenvalue weighted by molar-refractivity contribution is -0.119. The van der Waals surface area contributed by atoms with E-state index in [4.69, 9.17) is 21.1 Å². The Morgan fingerprint density at radius 2 is 1.85 bits per heavy atom. The lowest BCUT2D eigenvalue weighted by Gasteiger charge is -2.27. The third kappa shape index (κ3) is 7.23. The molecule has 3 aromatic rings. The molecule has 1 amide bonds. The first-order chi connectivity index (χ1) is 19.7. The average molecular weight is 596 g/mol. The van der Waals surface area contributed by atoms with Crippen molar-refractivity contribution in [2.75, 3.05) is 30.5 Å². The summed E-state index contributed by atoms with van der Waals surface area (Å²) >= 11 is 6.19. The topological polar surface area (TPSA) is 127 Å². The predicted octanol–water partition coefficient (Wildman–Crippen LogP) is 4.95. The van der Waals surface area contributed by atoms with Gasteiger partial charge in [0, 0.05) is 50.2 Å². The van der Waals surface area contributed by atoms with E-state index in [9.17, 15) is 23.9 Å². The number of benzene rings is 2. The normalized spacial score (nSPS) is 17.2. The van der Waals surface area contributed by atoms with Gasteiger partial charge in [-0.05, 0) is 74.6 Å². The molecule has 0 aliphatic carbocycles. The van der Waals surface area contributed by atoms with Crippen molar-refractivity contribution in [3.05, 3.63) is 81.2 Å².